The van der Waals surface area contributed by atoms with Gasteiger partial charge in [-0.25, -0.2) is 0 Å². The highest BCUT2D eigenvalue weighted by Gasteiger charge is 2.29. The smallest absolute Gasteiger partial charge is 0.151 e. The third-order valence-electron chi connectivity index (χ3n) is 1.47. The number of aliphatic hydroxyl groups is 4. The molecule has 0 unspecified atom stereocenters. The Morgan fingerprint density at radius 1 is 1.15 bits per heavy atom. The number of aldehydes is 1. The third kappa shape index (κ3) is 4.51. The molecule has 0 bridgehead atoms. The van der Waals surface area contributed by atoms with E-state index in [2.05, 4.69) is 0 Å². The minimum Gasteiger partial charge on any atom is -0.389 e. The third-order valence-corrected chi connectivity index (χ3v) is 1.47. The van der Waals surface area contributed by atoms with Gasteiger partial charge in [-0.3, -0.25) is 0 Å². The van der Waals surface area contributed by atoms with Crippen LogP contribution in [0.5, 0.6) is 0 Å². The Kier molecular flexibility index (Phi) is 8.43. The molecule has 0 saturated heterocycles. The van der Waals surface area contributed by atoms with Crippen LogP contribution < -0.4 is 5.73 Å². The van der Waals surface area contributed by atoms with E-state index in [1.807, 2.05) is 0 Å². The minimum atomic E-state index is -1.71. The zero-order valence-electron chi connectivity index (χ0n) is 6.78. The Bertz CT molecular complexity index is 147. The Balaban J connectivity index is 0. The molecular formula is C6H14ClNO5. The lowest BCUT2D eigenvalue weighted by molar-refractivity contribution is -0.132. The van der Waals surface area contributed by atoms with Crippen molar-refractivity contribution >= 4 is 18.7 Å². The number of hydrogen-bond acceptors (Lipinski definition) is 6. The topological polar surface area (TPSA) is 124 Å². The van der Waals surface area contributed by atoms with Crippen molar-refractivity contribution in [2.45, 2.75) is 24.4 Å². The highest BCUT2D eigenvalue weighted by Crippen LogP contribution is 2.02. The van der Waals surface area contributed by atoms with Gasteiger partial charge < -0.3 is 31.0 Å². The van der Waals surface area contributed by atoms with Gasteiger partial charge in [0.25, 0.3) is 0 Å². The van der Waals surface area contributed by atoms with Crippen LogP contribution in [0.3, 0.4) is 0 Å². The summed E-state index contributed by atoms with van der Waals surface area (Å²) in [5.41, 5.74) is 4.96. The van der Waals surface area contributed by atoms with Crippen molar-refractivity contribution in [2.75, 3.05) is 6.54 Å². The van der Waals surface area contributed by atoms with Gasteiger partial charge in [-0.2, -0.15) is 0 Å². The SMILES string of the molecule is Cl.NC[C@@H](O)[C@@H](O)[C@@H](O)[C@@H](O)C=O. The molecule has 0 aromatic carbocycles. The Labute approximate surface area is 81.4 Å². The van der Waals surface area contributed by atoms with Crippen LogP contribution in [0.4, 0.5) is 0 Å². The first kappa shape index (κ1) is 15.2. The fourth-order valence-electron chi connectivity index (χ4n) is 0.650. The molecule has 0 amide bonds. The summed E-state index contributed by atoms with van der Waals surface area (Å²) in [4.78, 5) is 9.93. The summed E-state index contributed by atoms with van der Waals surface area (Å²) in [7, 11) is 0. The minimum absolute atomic E-state index is 0. The second-order valence-corrected chi connectivity index (χ2v) is 2.41. The van der Waals surface area contributed by atoms with Crippen LogP contribution in [0, 0.1) is 0 Å². The number of nitrogens with two attached hydrogens (primary N) is 1. The summed E-state index contributed by atoms with van der Waals surface area (Å²) in [5, 5.41) is 35.5. The largest absolute Gasteiger partial charge is 0.389 e. The van der Waals surface area contributed by atoms with Crippen LogP contribution in [0.2, 0.25) is 0 Å². The number of carbonyl (C=O) groups is 1. The predicted molar refractivity (Wildman–Crippen MR) is 46.4 cm³/mol. The molecule has 0 fully saturated rings. The molecular weight excluding hydrogens is 202 g/mol. The number of carbonyl (C=O) groups excluding carboxylic acids is 1. The molecule has 6 nitrogen and oxygen atoms in total. The lowest BCUT2D eigenvalue weighted by Crippen LogP contribution is -2.47. The maximum absolute atomic E-state index is 9.93. The molecule has 0 heterocycles. The molecule has 13 heavy (non-hydrogen) atoms. The molecule has 0 radical (unpaired) electrons. The molecule has 7 heteroatoms. The van der Waals surface area contributed by atoms with E-state index >= 15 is 0 Å². The van der Waals surface area contributed by atoms with Gasteiger partial charge >= 0.3 is 0 Å². The second-order valence-electron chi connectivity index (χ2n) is 2.41. The maximum Gasteiger partial charge on any atom is 0.151 e. The van der Waals surface area contributed by atoms with E-state index in [1.165, 1.54) is 0 Å². The van der Waals surface area contributed by atoms with Gasteiger partial charge in [-0.05, 0) is 0 Å². The van der Waals surface area contributed by atoms with Gasteiger partial charge in [0.1, 0.15) is 18.3 Å². The van der Waals surface area contributed by atoms with E-state index in [1.54, 1.807) is 0 Å². The zero-order valence-corrected chi connectivity index (χ0v) is 7.59. The summed E-state index contributed by atoms with van der Waals surface area (Å²) >= 11 is 0. The highest BCUT2D eigenvalue weighted by atomic mass is 35.5. The lowest BCUT2D eigenvalue weighted by Gasteiger charge is -2.22. The van der Waals surface area contributed by atoms with E-state index in [0.29, 0.717) is 0 Å². The van der Waals surface area contributed by atoms with Crippen molar-refractivity contribution < 1.29 is 25.2 Å². The summed E-state index contributed by atoms with van der Waals surface area (Å²) in [5.74, 6) is 0. The highest BCUT2D eigenvalue weighted by molar-refractivity contribution is 5.85. The Morgan fingerprint density at radius 3 is 1.92 bits per heavy atom. The molecule has 4 atom stereocenters. The van der Waals surface area contributed by atoms with Gasteiger partial charge in [0, 0.05) is 6.54 Å². The molecule has 0 rings (SSSR count). The van der Waals surface area contributed by atoms with Gasteiger partial charge in [0.05, 0.1) is 6.10 Å². The van der Waals surface area contributed by atoms with Gasteiger partial charge in [0.2, 0.25) is 0 Å². The van der Waals surface area contributed by atoms with Crippen molar-refractivity contribution in [2.24, 2.45) is 5.73 Å². The van der Waals surface area contributed by atoms with Crippen LogP contribution in [0.25, 0.3) is 0 Å². The molecule has 0 saturated carbocycles. The average molecular weight is 216 g/mol. The lowest BCUT2D eigenvalue weighted by atomic mass is 10.0. The van der Waals surface area contributed by atoms with Crippen LogP contribution in [-0.2, 0) is 4.79 Å². The summed E-state index contributed by atoms with van der Waals surface area (Å²) in [6, 6.07) is 0. The van der Waals surface area contributed by atoms with E-state index in [9.17, 15) is 4.79 Å². The molecule has 0 aliphatic rings. The normalized spacial score (nSPS) is 19.5. The van der Waals surface area contributed by atoms with Crippen molar-refractivity contribution in [3.8, 4) is 0 Å². The number of rotatable bonds is 5. The molecule has 0 spiro atoms. The van der Waals surface area contributed by atoms with Crippen molar-refractivity contribution in [3.63, 3.8) is 0 Å². The van der Waals surface area contributed by atoms with Gasteiger partial charge in [-0.1, -0.05) is 0 Å². The fraction of sp³-hybridized carbons (Fsp3) is 0.833. The number of halogens is 1. The second kappa shape index (κ2) is 7.19. The fourth-order valence-corrected chi connectivity index (χ4v) is 0.650. The first-order chi connectivity index (χ1) is 5.54. The Morgan fingerprint density at radius 2 is 1.62 bits per heavy atom. The van der Waals surface area contributed by atoms with Crippen LogP contribution in [0.15, 0.2) is 0 Å². The molecule has 0 aromatic rings. The quantitative estimate of drug-likeness (QED) is 0.312. The monoisotopic (exact) mass is 215 g/mol. The summed E-state index contributed by atoms with van der Waals surface area (Å²) < 4.78 is 0. The van der Waals surface area contributed by atoms with Gasteiger partial charge in [-0.15, -0.1) is 12.4 Å². The first-order valence-electron chi connectivity index (χ1n) is 3.42. The molecule has 0 aromatic heterocycles. The van der Waals surface area contributed by atoms with E-state index in [4.69, 9.17) is 26.2 Å². The van der Waals surface area contributed by atoms with Crippen LogP contribution in [-0.4, -0.2) is 57.7 Å². The number of hydrogen-bond donors (Lipinski definition) is 5. The van der Waals surface area contributed by atoms with Gasteiger partial charge in [0.15, 0.2) is 6.29 Å². The Hall–Kier alpha value is -0.240. The number of aliphatic hydroxyl groups excluding tert-OH is 4. The molecule has 6 N–H and O–H groups in total. The summed E-state index contributed by atoms with van der Waals surface area (Å²) in [6.07, 6.45) is -6.32. The average Bonchev–Trinajstić information content (AvgIpc) is 2.12. The molecule has 0 aliphatic heterocycles. The zero-order chi connectivity index (χ0) is 9.72. The van der Waals surface area contributed by atoms with Crippen molar-refractivity contribution in [1.29, 1.82) is 0 Å². The predicted octanol–water partition coefficient (Wildman–Crippen LogP) is -2.99. The van der Waals surface area contributed by atoms with Crippen molar-refractivity contribution in [3.05, 3.63) is 0 Å². The van der Waals surface area contributed by atoms with E-state index in [-0.39, 0.29) is 25.2 Å². The molecule has 0 aliphatic carbocycles. The maximum atomic E-state index is 9.93. The van der Waals surface area contributed by atoms with E-state index < -0.39 is 24.4 Å². The standard InChI is InChI=1S/C6H13NO5.ClH/c7-1-3(9)5(11)6(12)4(10)2-8;/h2-6,9-12H,1,7H2;1H/t3-,4+,5-,6+;/m1./s1. The summed E-state index contributed by atoms with van der Waals surface area (Å²) in [6.45, 7) is -0.260. The first-order valence-corrected chi connectivity index (χ1v) is 3.42. The van der Waals surface area contributed by atoms with Crippen LogP contribution >= 0.6 is 12.4 Å². The van der Waals surface area contributed by atoms with E-state index in [0.717, 1.165) is 0 Å². The molecule has 80 valence electrons. The van der Waals surface area contributed by atoms with Crippen LogP contribution in [0.1, 0.15) is 0 Å². The van der Waals surface area contributed by atoms with Crippen molar-refractivity contribution in [1.82, 2.24) is 0 Å².